The van der Waals surface area contributed by atoms with Gasteiger partial charge < -0.3 is 4.90 Å². The molecule has 23 heavy (non-hydrogen) atoms. The number of anilines is 1. The highest BCUT2D eigenvalue weighted by atomic mass is 16.1. The molecule has 1 saturated heterocycles. The molecular formula is C17H23N5O. The van der Waals surface area contributed by atoms with Crippen LogP contribution < -0.4 is 10.5 Å². The fourth-order valence-corrected chi connectivity index (χ4v) is 2.99. The van der Waals surface area contributed by atoms with E-state index in [1.54, 1.807) is 10.9 Å². The second-order valence-electron chi connectivity index (χ2n) is 6.34. The van der Waals surface area contributed by atoms with Crippen molar-refractivity contribution >= 4 is 5.95 Å². The minimum atomic E-state index is 0.0851. The number of aryl methyl sites for hydroxylation is 2. The molecular weight excluding hydrogens is 290 g/mol. The van der Waals surface area contributed by atoms with Gasteiger partial charge in [-0.25, -0.2) is 15.0 Å². The van der Waals surface area contributed by atoms with Crippen LogP contribution in [0.1, 0.15) is 29.8 Å². The van der Waals surface area contributed by atoms with E-state index in [-0.39, 0.29) is 5.56 Å². The van der Waals surface area contributed by atoms with Gasteiger partial charge >= 0.3 is 0 Å². The van der Waals surface area contributed by atoms with Crippen LogP contribution >= 0.6 is 0 Å². The number of nitrogens with zero attached hydrogens (tertiary/aromatic N) is 5. The molecule has 1 aliphatic rings. The summed E-state index contributed by atoms with van der Waals surface area (Å²) in [5.41, 5.74) is 2.64. The van der Waals surface area contributed by atoms with Crippen molar-refractivity contribution < 1.29 is 0 Å². The zero-order valence-electron chi connectivity index (χ0n) is 14.0. The standard InChI is InChI=1S/C17H23N5O/c1-12-4-7-18-17(20-12)21-8-5-15(6-9-21)10-22-11-19-14(3)13(2)16(22)23/h4,7,11,15H,5-6,8-10H2,1-3H3. The number of hydrogen-bond donors (Lipinski definition) is 0. The molecule has 2 aromatic rings. The van der Waals surface area contributed by atoms with E-state index in [1.807, 2.05) is 33.0 Å². The Labute approximate surface area is 136 Å². The maximum Gasteiger partial charge on any atom is 0.256 e. The number of rotatable bonds is 3. The fraction of sp³-hybridized carbons (Fsp3) is 0.529. The molecule has 3 rings (SSSR count). The summed E-state index contributed by atoms with van der Waals surface area (Å²) in [6.07, 6.45) is 5.57. The molecule has 6 heteroatoms. The minimum Gasteiger partial charge on any atom is -0.341 e. The summed E-state index contributed by atoms with van der Waals surface area (Å²) in [6, 6.07) is 1.91. The highest BCUT2D eigenvalue weighted by Crippen LogP contribution is 2.21. The van der Waals surface area contributed by atoms with E-state index < -0.39 is 0 Å². The first-order valence-electron chi connectivity index (χ1n) is 8.12. The minimum absolute atomic E-state index is 0.0851. The highest BCUT2D eigenvalue weighted by molar-refractivity contribution is 5.30. The highest BCUT2D eigenvalue weighted by Gasteiger charge is 2.22. The molecule has 3 heterocycles. The molecule has 1 fully saturated rings. The molecule has 0 aliphatic carbocycles. The van der Waals surface area contributed by atoms with Crippen molar-refractivity contribution in [2.45, 2.75) is 40.2 Å². The Bertz CT molecular complexity index is 747. The van der Waals surface area contributed by atoms with Gasteiger partial charge in [0.15, 0.2) is 0 Å². The van der Waals surface area contributed by atoms with E-state index >= 15 is 0 Å². The zero-order chi connectivity index (χ0) is 16.4. The first kappa shape index (κ1) is 15.6. The topological polar surface area (TPSA) is 63.9 Å². The Hall–Kier alpha value is -2.24. The Balaban J connectivity index is 1.64. The third-order valence-electron chi connectivity index (χ3n) is 4.65. The second-order valence-corrected chi connectivity index (χ2v) is 6.34. The molecule has 122 valence electrons. The summed E-state index contributed by atoms with van der Waals surface area (Å²) in [4.78, 5) is 27.7. The second kappa shape index (κ2) is 6.48. The van der Waals surface area contributed by atoms with E-state index in [1.165, 1.54) is 0 Å². The summed E-state index contributed by atoms with van der Waals surface area (Å²) in [7, 11) is 0. The number of hydrogen-bond acceptors (Lipinski definition) is 5. The maximum absolute atomic E-state index is 12.3. The lowest BCUT2D eigenvalue weighted by molar-refractivity contribution is 0.348. The Morgan fingerprint density at radius 1 is 1.17 bits per heavy atom. The average molecular weight is 313 g/mol. The molecule has 0 saturated carbocycles. The largest absolute Gasteiger partial charge is 0.341 e. The van der Waals surface area contributed by atoms with Crippen LogP contribution in [0.4, 0.5) is 5.95 Å². The van der Waals surface area contributed by atoms with E-state index in [0.29, 0.717) is 5.92 Å². The Morgan fingerprint density at radius 3 is 2.61 bits per heavy atom. The molecule has 0 N–H and O–H groups in total. The van der Waals surface area contributed by atoms with Crippen LogP contribution in [0.5, 0.6) is 0 Å². The predicted octanol–water partition coefficient (Wildman–Crippen LogP) is 1.88. The van der Waals surface area contributed by atoms with E-state index in [2.05, 4.69) is 19.9 Å². The van der Waals surface area contributed by atoms with Crippen LogP contribution in [0, 0.1) is 26.7 Å². The van der Waals surface area contributed by atoms with Crippen molar-refractivity contribution in [2.24, 2.45) is 5.92 Å². The van der Waals surface area contributed by atoms with Gasteiger partial charge in [-0.1, -0.05) is 0 Å². The van der Waals surface area contributed by atoms with Gasteiger partial charge in [0.2, 0.25) is 5.95 Å². The molecule has 0 atom stereocenters. The molecule has 0 aromatic carbocycles. The van der Waals surface area contributed by atoms with Crippen molar-refractivity contribution in [2.75, 3.05) is 18.0 Å². The summed E-state index contributed by atoms with van der Waals surface area (Å²) in [6.45, 7) is 8.31. The van der Waals surface area contributed by atoms with E-state index in [9.17, 15) is 4.79 Å². The van der Waals surface area contributed by atoms with Gasteiger partial charge in [-0.05, 0) is 45.6 Å². The molecule has 0 amide bonds. The molecule has 1 aliphatic heterocycles. The van der Waals surface area contributed by atoms with Gasteiger partial charge in [-0.15, -0.1) is 0 Å². The van der Waals surface area contributed by atoms with Crippen molar-refractivity contribution in [3.8, 4) is 0 Å². The lowest BCUT2D eigenvalue weighted by atomic mass is 9.97. The summed E-state index contributed by atoms with van der Waals surface area (Å²) in [5.74, 6) is 1.31. The Morgan fingerprint density at radius 2 is 1.91 bits per heavy atom. The first-order chi connectivity index (χ1) is 11.0. The SMILES string of the molecule is Cc1ccnc(N2CCC(Cn3cnc(C)c(C)c3=O)CC2)n1. The quantitative estimate of drug-likeness (QED) is 0.865. The summed E-state index contributed by atoms with van der Waals surface area (Å²) < 4.78 is 1.76. The van der Waals surface area contributed by atoms with Gasteiger partial charge in [0.05, 0.1) is 6.33 Å². The molecule has 0 bridgehead atoms. The number of piperidine rings is 1. The lowest BCUT2D eigenvalue weighted by Gasteiger charge is -2.32. The van der Waals surface area contributed by atoms with E-state index in [4.69, 9.17) is 0 Å². The van der Waals surface area contributed by atoms with Crippen molar-refractivity contribution in [3.05, 3.63) is 45.9 Å². The van der Waals surface area contributed by atoms with Crippen LogP contribution in [-0.2, 0) is 6.54 Å². The zero-order valence-corrected chi connectivity index (χ0v) is 14.0. The maximum atomic E-state index is 12.3. The van der Waals surface area contributed by atoms with Gasteiger partial charge in [0, 0.05) is 42.8 Å². The van der Waals surface area contributed by atoms with Crippen molar-refractivity contribution in [3.63, 3.8) is 0 Å². The molecule has 2 aromatic heterocycles. The molecule has 0 radical (unpaired) electrons. The predicted molar refractivity (Wildman–Crippen MR) is 89.7 cm³/mol. The van der Waals surface area contributed by atoms with Crippen LogP contribution in [0.2, 0.25) is 0 Å². The molecule has 6 nitrogen and oxygen atoms in total. The number of aromatic nitrogens is 4. The van der Waals surface area contributed by atoms with Gasteiger partial charge in [0.25, 0.3) is 5.56 Å². The van der Waals surface area contributed by atoms with Crippen LogP contribution in [0.25, 0.3) is 0 Å². The van der Waals surface area contributed by atoms with Crippen LogP contribution in [-0.4, -0.2) is 32.6 Å². The van der Waals surface area contributed by atoms with Gasteiger partial charge in [-0.2, -0.15) is 0 Å². The smallest absolute Gasteiger partial charge is 0.256 e. The third-order valence-corrected chi connectivity index (χ3v) is 4.65. The van der Waals surface area contributed by atoms with Crippen LogP contribution in [0.3, 0.4) is 0 Å². The molecule has 0 unspecified atom stereocenters. The van der Waals surface area contributed by atoms with Gasteiger partial charge in [0.1, 0.15) is 0 Å². The van der Waals surface area contributed by atoms with E-state index in [0.717, 1.165) is 55.4 Å². The summed E-state index contributed by atoms with van der Waals surface area (Å²) >= 11 is 0. The molecule has 0 spiro atoms. The first-order valence-corrected chi connectivity index (χ1v) is 8.12. The summed E-state index contributed by atoms with van der Waals surface area (Å²) in [5, 5.41) is 0. The Kier molecular flexibility index (Phi) is 4.41. The average Bonchev–Trinajstić information content (AvgIpc) is 2.56. The monoisotopic (exact) mass is 313 g/mol. The van der Waals surface area contributed by atoms with Gasteiger partial charge in [-0.3, -0.25) is 9.36 Å². The van der Waals surface area contributed by atoms with Crippen LogP contribution in [0.15, 0.2) is 23.4 Å². The van der Waals surface area contributed by atoms with Crippen molar-refractivity contribution in [1.82, 2.24) is 19.5 Å². The third kappa shape index (κ3) is 3.41. The fourth-order valence-electron chi connectivity index (χ4n) is 2.99. The lowest BCUT2D eigenvalue weighted by Crippen LogP contribution is -2.37. The van der Waals surface area contributed by atoms with Crippen molar-refractivity contribution in [1.29, 1.82) is 0 Å². The normalized spacial score (nSPS) is 15.9.